The first-order valence-electron chi connectivity index (χ1n) is 7.40. The molecule has 0 aliphatic rings. The number of hydrogen-bond donors (Lipinski definition) is 0. The van der Waals surface area contributed by atoms with Crippen molar-refractivity contribution in [2.75, 3.05) is 32.2 Å². The van der Waals surface area contributed by atoms with Crippen LogP contribution >= 0.6 is 0 Å². The molecule has 0 unspecified atom stereocenters. The second kappa shape index (κ2) is 8.05. The van der Waals surface area contributed by atoms with Gasteiger partial charge in [0.2, 0.25) is 0 Å². The summed E-state index contributed by atoms with van der Waals surface area (Å²) in [7, 11) is -0.282. The minimum absolute atomic E-state index is 0.00909. The van der Waals surface area contributed by atoms with Crippen LogP contribution in [0.15, 0.2) is 47.4 Å². The van der Waals surface area contributed by atoms with Crippen molar-refractivity contribution in [1.29, 1.82) is 0 Å². The van der Waals surface area contributed by atoms with E-state index >= 15 is 0 Å². The summed E-state index contributed by atoms with van der Waals surface area (Å²) >= 11 is 0. The summed E-state index contributed by atoms with van der Waals surface area (Å²) in [6.45, 7) is -0.614. The number of nitrogens with zero attached hydrogens (tertiary/aromatic N) is 1. The molecule has 0 aliphatic heterocycles. The number of hydrogen-bond acceptors (Lipinski definition) is 6. The van der Waals surface area contributed by atoms with Crippen LogP contribution in [-0.4, -0.2) is 42.3 Å². The third kappa shape index (κ3) is 4.05. The first-order chi connectivity index (χ1) is 12.3. The number of carbonyl (C=O) groups is 1. The van der Waals surface area contributed by atoms with Crippen LogP contribution in [0.4, 0.5) is 10.1 Å². The number of halogens is 1. The number of ether oxygens (including phenoxy) is 3. The quantitative estimate of drug-likeness (QED) is 0.682. The average Bonchev–Trinajstić information content (AvgIpc) is 2.64. The highest BCUT2D eigenvalue weighted by atomic mass is 32.2. The maximum Gasteiger partial charge on any atom is 0.326 e. The van der Waals surface area contributed by atoms with Gasteiger partial charge < -0.3 is 14.2 Å². The SMILES string of the molecule is COC(=O)CN(c1cccc(F)c1)S(=O)(=O)c1ccc(OC)c(OC)c1. The lowest BCUT2D eigenvalue weighted by Crippen LogP contribution is -2.36. The maximum absolute atomic E-state index is 13.6. The second-order valence-corrected chi connectivity index (χ2v) is 6.95. The second-order valence-electron chi connectivity index (χ2n) is 5.08. The molecule has 2 rings (SSSR count). The molecular weight excluding hydrogens is 365 g/mol. The Hall–Kier alpha value is -2.81. The normalized spacial score (nSPS) is 10.9. The molecule has 0 heterocycles. The molecule has 0 saturated heterocycles. The summed E-state index contributed by atoms with van der Waals surface area (Å²) < 4.78 is 55.2. The Bertz CT molecular complexity index is 900. The number of carbonyl (C=O) groups excluding carboxylic acids is 1. The van der Waals surface area contributed by atoms with Crippen LogP contribution in [0, 0.1) is 5.82 Å². The number of methoxy groups -OCH3 is 3. The first kappa shape index (κ1) is 19.5. The Kier molecular flexibility index (Phi) is 6.04. The molecule has 7 nitrogen and oxygen atoms in total. The van der Waals surface area contributed by atoms with E-state index < -0.39 is 28.4 Å². The highest BCUT2D eigenvalue weighted by Gasteiger charge is 2.28. The molecule has 0 bridgehead atoms. The lowest BCUT2D eigenvalue weighted by atomic mass is 10.3. The summed E-state index contributed by atoms with van der Waals surface area (Å²) in [6, 6.07) is 8.90. The molecule has 0 aliphatic carbocycles. The molecule has 0 aromatic heterocycles. The zero-order valence-corrected chi connectivity index (χ0v) is 15.2. The van der Waals surface area contributed by atoms with E-state index in [1.165, 1.54) is 50.6 Å². The molecule has 0 fully saturated rings. The maximum atomic E-state index is 13.6. The fourth-order valence-corrected chi connectivity index (χ4v) is 3.65. The van der Waals surface area contributed by atoms with Gasteiger partial charge in [-0.15, -0.1) is 0 Å². The summed E-state index contributed by atoms with van der Waals surface area (Å²) in [5.74, 6) is -0.888. The number of sulfonamides is 1. The lowest BCUT2D eigenvalue weighted by molar-refractivity contribution is -0.138. The highest BCUT2D eigenvalue weighted by Crippen LogP contribution is 2.32. The number of rotatable bonds is 7. The Morgan fingerprint density at radius 1 is 1.04 bits per heavy atom. The monoisotopic (exact) mass is 383 g/mol. The average molecular weight is 383 g/mol. The first-order valence-corrected chi connectivity index (χ1v) is 8.84. The summed E-state index contributed by atoms with van der Waals surface area (Å²) in [5.41, 5.74) is -0.00909. The van der Waals surface area contributed by atoms with Crippen LogP contribution < -0.4 is 13.8 Å². The van der Waals surface area contributed by atoms with E-state index in [4.69, 9.17) is 9.47 Å². The van der Waals surface area contributed by atoms with Crippen molar-refractivity contribution < 1.29 is 31.8 Å². The zero-order chi connectivity index (χ0) is 19.3. The van der Waals surface area contributed by atoms with Gasteiger partial charge in [-0.2, -0.15) is 0 Å². The van der Waals surface area contributed by atoms with E-state index in [1.54, 1.807) is 0 Å². The van der Waals surface area contributed by atoms with Crippen molar-refractivity contribution in [2.24, 2.45) is 0 Å². The van der Waals surface area contributed by atoms with Crippen molar-refractivity contribution >= 4 is 21.7 Å². The Morgan fingerprint density at radius 2 is 1.73 bits per heavy atom. The Balaban J connectivity index is 2.57. The van der Waals surface area contributed by atoms with Crippen LogP contribution in [-0.2, 0) is 19.6 Å². The molecule has 0 radical (unpaired) electrons. The van der Waals surface area contributed by atoms with Gasteiger partial charge in [0.1, 0.15) is 12.4 Å². The van der Waals surface area contributed by atoms with Crippen LogP contribution in [0.5, 0.6) is 11.5 Å². The molecular formula is C17H18FNO6S. The largest absolute Gasteiger partial charge is 0.493 e. The minimum atomic E-state index is -4.20. The van der Waals surface area contributed by atoms with Gasteiger partial charge >= 0.3 is 5.97 Å². The van der Waals surface area contributed by atoms with Gasteiger partial charge in [0.25, 0.3) is 10.0 Å². The van der Waals surface area contributed by atoms with Crippen molar-refractivity contribution in [1.82, 2.24) is 0 Å². The molecule has 0 atom stereocenters. The van der Waals surface area contributed by atoms with E-state index in [0.717, 1.165) is 17.5 Å². The number of esters is 1. The van der Waals surface area contributed by atoms with E-state index in [2.05, 4.69) is 4.74 Å². The fraction of sp³-hybridized carbons (Fsp3) is 0.235. The predicted molar refractivity (Wildman–Crippen MR) is 92.5 cm³/mol. The Labute approximate surface area is 151 Å². The van der Waals surface area contributed by atoms with Gasteiger partial charge in [0.15, 0.2) is 11.5 Å². The van der Waals surface area contributed by atoms with Crippen molar-refractivity contribution in [3.05, 3.63) is 48.3 Å². The smallest absolute Gasteiger partial charge is 0.326 e. The molecule has 2 aromatic rings. The summed E-state index contributed by atoms with van der Waals surface area (Å²) in [6.07, 6.45) is 0. The van der Waals surface area contributed by atoms with Gasteiger partial charge in [0, 0.05) is 6.07 Å². The van der Waals surface area contributed by atoms with Crippen molar-refractivity contribution in [3.63, 3.8) is 0 Å². The molecule has 26 heavy (non-hydrogen) atoms. The van der Waals surface area contributed by atoms with E-state index in [0.29, 0.717) is 5.75 Å². The van der Waals surface area contributed by atoms with Gasteiger partial charge in [0.05, 0.1) is 31.9 Å². The third-order valence-electron chi connectivity index (χ3n) is 3.54. The molecule has 140 valence electrons. The van der Waals surface area contributed by atoms with Crippen molar-refractivity contribution in [3.8, 4) is 11.5 Å². The van der Waals surface area contributed by atoms with Crippen LogP contribution in [0.25, 0.3) is 0 Å². The molecule has 0 saturated carbocycles. The Morgan fingerprint density at radius 3 is 2.31 bits per heavy atom. The van der Waals surface area contributed by atoms with Crippen LogP contribution in [0.3, 0.4) is 0 Å². The van der Waals surface area contributed by atoms with Gasteiger partial charge in [-0.3, -0.25) is 9.10 Å². The zero-order valence-electron chi connectivity index (χ0n) is 14.4. The molecule has 2 aromatic carbocycles. The topological polar surface area (TPSA) is 82.1 Å². The summed E-state index contributed by atoms with van der Waals surface area (Å²) in [5, 5.41) is 0. The minimum Gasteiger partial charge on any atom is -0.493 e. The standard InChI is InChI=1S/C17H18FNO6S/c1-23-15-8-7-14(10-16(15)24-2)26(21,22)19(11-17(20)25-3)13-6-4-5-12(18)9-13/h4-10H,11H2,1-3H3. The van der Waals surface area contributed by atoms with E-state index in [9.17, 15) is 17.6 Å². The van der Waals surface area contributed by atoms with Gasteiger partial charge in [-0.25, -0.2) is 12.8 Å². The van der Waals surface area contributed by atoms with Crippen LogP contribution in [0.2, 0.25) is 0 Å². The van der Waals surface area contributed by atoms with Crippen LogP contribution in [0.1, 0.15) is 0 Å². The summed E-state index contributed by atoms with van der Waals surface area (Å²) in [4.78, 5) is 11.6. The molecule has 9 heteroatoms. The lowest BCUT2D eigenvalue weighted by Gasteiger charge is -2.23. The molecule has 0 amide bonds. The highest BCUT2D eigenvalue weighted by molar-refractivity contribution is 7.92. The number of anilines is 1. The van der Waals surface area contributed by atoms with Crippen molar-refractivity contribution in [2.45, 2.75) is 4.90 Å². The fourth-order valence-electron chi connectivity index (χ4n) is 2.23. The van der Waals surface area contributed by atoms with E-state index in [1.807, 2.05) is 0 Å². The van der Waals surface area contributed by atoms with E-state index in [-0.39, 0.29) is 16.3 Å². The van der Waals surface area contributed by atoms with Gasteiger partial charge in [-0.1, -0.05) is 6.07 Å². The predicted octanol–water partition coefficient (Wildman–Crippen LogP) is 2.21. The molecule has 0 N–H and O–H groups in total. The van der Waals surface area contributed by atoms with Gasteiger partial charge in [-0.05, 0) is 30.3 Å². The third-order valence-corrected chi connectivity index (χ3v) is 5.31. The molecule has 0 spiro atoms. The number of benzene rings is 2.